The van der Waals surface area contributed by atoms with Crippen LogP contribution in [-0.2, 0) is 27.3 Å². The van der Waals surface area contributed by atoms with E-state index in [4.69, 9.17) is 4.74 Å². The molecule has 0 saturated heterocycles. The Morgan fingerprint density at radius 2 is 2.07 bits per heavy atom. The largest absolute Gasteiger partial charge is 0.477 e. The standard InChI is InChI=1S/C21H24N4O4S/c1-4-8-18-22-21(24-23-18)30-17(20(27)28)11-15-13(3)25(12-19(26)29-5-2)16-10-7-6-9-14(15)16/h6-7,9-11H,4-5,8,12H2,1-3H3,(H,27,28)(H,22,23,24)/b17-11-. The number of H-pyrrole nitrogens is 1. The number of aliphatic carboxylic acids is 1. The third-order valence-corrected chi connectivity index (χ3v) is 5.44. The molecule has 0 aliphatic carbocycles. The van der Waals surface area contributed by atoms with Crippen molar-refractivity contribution in [3.8, 4) is 0 Å². The van der Waals surface area contributed by atoms with Gasteiger partial charge in [-0.1, -0.05) is 25.1 Å². The van der Waals surface area contributed by atoms with Gasteiger partial charge in [-0.15, -0.1) is 5.10 Å². The summed E-state index contributed by atoms with van der Waals surface area (Å²) in [4.78, 5) is 28.4. The molecule has 0 spiro atoms. The number of benzene rings is 1. The van der Waals surface area contributed by atoms with Crippen molar-refractivity contribution in [2.24, 2.45) is 0 Å². The number of carboxylic acids is 1. The smallest absolute Gasteiger partial charge is 0.342 e. The van der Waals surface area contributed by atoms with Crippen LogP contribution in [0.1, 0.15) is 37.4 Å². The molecule has 0 saturated carbocycles. The Morgan fingerprint density at radius 3 is 2.77 bits per heavy atom. The van der Waals surface area contributed by atoms with Crippen LogP contribution in [-0.4, -0.2) is 43.4 Å². The van der Waals surface area contributed by atoms with Gasteiger partial charge in [0.1, 0.15) is 17.3 Å². The number of nitrogens with one attached hydrogen (secondary N) is 1. The number of fused-ring (bicyclic) bond motifs is 1. The topological polar surface area (TPSA) is 110 Å². The summed E-state index contributed by atoms with van der Waals surface area (Å²) in [5, 5.41) is 17.9. The number of ether oxygens (including phenoxy) is 1. The molecule has 0 amide bonds. The fraction of sp³-hybridized carbons (Fsp3) is 0.333. The number of aromatic amines is 1. The number of carbonyl (C=O) groups is 2. The number of aryl methyl sites for hydroxylation is 1. The highest BCUT2D eigenvalue weighted by Gasteiger charge is 2.19. The van der Waals surface area contributed by atoms with E-state index in [1.165, 1.54) is 0 Å². The minimum Gasteiger partial charge on any atom is -0.477 e. The predicted octanol–water partition coefficient (Wildman–Crippen LogP) is 3.80. The van der Waals surface area contributed by atoms with E-state index in [1.54, 1.807) is 13.0 Å². The fourth-order valence-corrected chi connectivity index (χ4v) is 3.92. The zero-order chi connectivity index (χ0) is 21.7. The lowest BCUT2D eigenvalue weighted by molar-refractivity contribution is -0.143. The quantitative estimate of drug-likeness (QED) is 0.303. The van der Waals surface area contributed by atoms with Gasteiger partial charge in [-0.3, -0.25) is 9.89 Å². The van der Waals surface area contributed by atoms with Gasteiger partial charge >= 0.3 is 11.9 Å². The molecular weight excluding hydrogens is 404 g/mol. The molecule has 2 heterocycles. The van der Waals surface area contributed by atoms with E-state index in [-0.39, 0.29) is 17.4 Å². The zero-order valence-corrected chi connectivity index (χ0v) is 18.0. The van der Waals surface area contributed by atoms with Crippen LogP contribution in [0, 0.1) is 6.92 Å². The number of nitrogens with zero attached hydrogens (tertiary/aromatic N) is 3. The molecule has 3 aromatic rings. The number of carbonyl (C=O) groups excluding carboxylic acids is 1. The molecule has 1 aromatic carbocycles. The van der Waals surface area contributed by atoms with E-state index in [0.717, 1.165) is 52.6 Å². The summed E-state index contributed by atoms with van der Waals surface area (Å²) in [5.41, 5.74) is 2.36. The van der Waals surface area contributed by atoms with Crippen LogP contribution < -0.4 is 0 Å². The van der Waals surface area contributed by atoms with Gasteiger partial charge in [0.25, 0.3) is 0 Å². The summed E-state index contributed by atoms with van der Waals surface area (Å²) in [6, 6.07) is 7.57. The number of rotatable bonds is 9. The van der Waals surface area contributed by atoms with Crippen LogP contribution in [0.3, 0.4) is 0 Å². The van der Waals surface area contributed by atoms with Crippen molar-refractivity contribution in [3.63, 3.8) is 0 Å². The predicted molar refractivity (Wildman–Crippen MR) is 115 cm³/mol. The van der Waals surface area contributed by atoms with Crippen molar-refractivity contribution in [1.29, 1.82) is 0 Å². The highest BCUT2D eigenvalue weighted by Crippen LogP contribution is 2.32. The maximum absolute atomic E-state index is 12.1. The van der Waals surface area contributed by atoms with E-state index < -0.39 is 5.97 Å². The molecule has 158 valence electrons. The first kappa shape index (κ1) is 21.6. The van der Waals surface area contributed by atoms with E-state index >= 15 is 0 Å². The van der Waals surface area contributed by atoms with Crippen LogP contribution in [0.5, 0.6) is 0 Å². The minimum atomic E-state index is -1.07. The second-order valence-corrected chi connectivity index (χ2v) is 7.65. The summed E-state index contributed by atoms with van der Waals surface area (Å²) in [6.07, 6.45) is 3.28. The first-order chi connectivity index (χ1) is 14.4. The van der Waals surface area contributed by atoms with Crippen LogP contribution >= 0.6 is 11.8 Å². The van der Waals surface area contributed by atoms with Crippen molar-refractivity contribution in [1.82, 2.24) is 19.7 Å². The molecule has 9 heteroatoms. The Labute approximate surface area is 178 Å². The molecule has 0 atom stereocenters. The fourth-order valence-electron chi connectivity index (χ4n) is 3.22. The van der Waals surface area contributed by atoms with Gasteiger partial charge in [0.15, 0.2) is 0 Å². The molecule has 2 N–H and O–H groups in total. The third-order valence-electron chi connectivity index (χ3n) is 4.56. The molecule has 3 rings (SSSR count). The minimum absolute atomic E-state index is 0.0604. The Balaban J connectivity index is 2.02. The van der Waals surface area contributed by atoms with Gasteiger partial charge in [-0.2, -0.15) is 0 Å². The van der Waals surface area contributed by atoms with Crippen molar-refractivity contribution in [3.05, 3.63) is 46.3 Å². The average molecular weight is 429 g/mol. The number of carboxylic acid groups (broad SMARTS) is 1. The van der Waals surface area contributed by atoms with Gasteiger partial charge < -0.3 is 14.4 Å². The van der Waals surface area contributed by atoms with Gasteiger partial charge in [0.05, 0.1) is 6.61 Å². The summed E-state index contributed by atoms with van der Waals surface area (Å²) >= 11 is 0.994. The maximum Gasteiger partial charge on any atom is 0.342 e. The molecule has 0 aliphatic heterocycles. The first-order valence-electron chi connectivity index (χ1n) is 9.72. The molecule has 0 radical (unpaired) electrons. The summed E-state index contributed by atoms with van der Waals surface area (Å²) in [5.74, 6) is -0.677. The molecule has 0 aliphatic rings. The summed E-state index contributed by atoms with van der Waals surface area (Å²) < 4.78 is 6.93. The van der Waals surface area contributed by atoms with Crippen molar-refractivity contribution in [2.45, 2.75) is 45.3 Å². The number of hydrogen-bond donors (Lipinski definition) is 2. The van der Waals surface area contributed by atoms with Crippen molar-refractivity contribution >= 4 is 40.7 Å². The third kappa shape index (κ3) is 4.73. The highest BCUT2D eigenvalue weighted by molar-refractivity contribution is 8.04. The molecule has 30 heavy (non-hydrogen) atoms. The SMILES string of the molecule is CCCc1nc(S/C(=C\c2c(C)n(CC(=O)OCC)c3ccccc23)C(=O)O)n[nH]1. The zero-order valence-electron chi connectivity index (χ0n) is 17.1. The van der Waals surface area contributed by atoms with Gasteiger partial charge in [-0.25, -0.2) is 9.78 Å². The molecular formula is C21H24N4O4S. The highest BCUT2D eigenvalue weighted by atomic mass is 32.2. The monoisotopic (exact) mass is 428 g/mol. The van der Waals surface area contributed by atoms with Gasteiger partial charge in [0, 0.05) is 28.6 Å². The van der Waals surface area contributed by atoms with Crippen LogP contribution in [0.2, 0.25) is 0 Å². The Bertz CT molecular complexity index is 1100. The lowest BCUT2D eigenvalue weighted by atomic mass is 10.1. The number of para-hydroxylation sites is 1. The number of thioether (sulfide) groups is 1. The Hall–Kier alpha value is -3.07. The molecule has 0 fully saturated rings. The molecule has 2 aromatic heterocycles. The number of aromatic nitrogens is 4. The van der Waals surface area contributed by atoms with E-state index in [9.17, 15) is 14.7 Å². The van der Waals surface area contributed by atoms with Crippen molar-refractivity contribution < 1.29 is 19.4 Å². The van der Waals surface area contributed by atoms with Crippen LogP contribution in [0.25, 0.3) is 17.0 Å². The summed E-state index contributed by atoms with van der Waals surface area (Å²) in [7, 11) is 0. The molecule has 0 unspecified atom stereocenters. The first-order valence-corrected chi connectivity index (χ1v) is 10.5. The lowest BCUT2D eigenvalue weighted by Gasteiger charge is -2.07. The van der Waals surface area contributed by atoms with E-state index in [2.05, 4.69) is 15.2 Å². The second-order valence-electron chi connectivity index (χ2n) is 6.64. The Kier molecular flexibility index (Phi) is 6.94. The molecule has 0 bridgehead atoms. The Morgan fingerprint density at radius 1 is 1.30 bits per heavy atom. The van der Waals surface area contributed by atoms with Crippen LogP contribution in [0.4, 0.5) is 0 Å². The second kappa shape index (κ2) is 9.62. The van der Waals surface area contributed by atoms with E-state index in [1.807, 2.05) is 42.7 Å². The number of esters is 1. The maximum atomic E-state index is 12.1. The summed E-state index contributed by atoms with van der Waals surface area (Å²) in [6.45, 7) is 6.03. The molecule has 8 nitrogen and oxygen atoms in total. The number of hydrogen-bond acceptors (Lipinski definition) is 6. The van der Waals surface area contributed by atoms with Gasteiger partial charge in [-0.05, 0) is 44.2 Å². The van der Waals surface area contributed by atoms with E-state index in [0.29, 0.717) is 11.8 Å². The van der Waals surface area contributed by atoms with Crippen LogP contribution in [0.15, 0.2) is 34.3 Å². The van der Waals surface area contributed by atoms with Crippen molar-refractivity contribution in [2.75, 3.05) is 6.61 Å². The lowest BCUT2D eigenvalue weighted by Crippen LogP contribution is -2.14. The van der Waals surface area contributed by atoms with Gasteiger partial charge in [0.2, 0.25) is 5.16 Å². The average Bonchev–Trinajstić information content (AvgIpc) is 3.26. The normalized spacial score (nSPS) is 11.8.